The van der Waals surface area contributed by atoms with Gasteiger partial charge in [-0.15, -0.1) is 0 Å². The summed E-state index contributed by atoms with van der Waals surface area (Å²) >= 11 is 0. The first kappa shape index (κ1) is 12.7. The number of piperidine rings is 1. The van der Waals surface area contributed by atoms with E-state index >= 15 is 0 Å². The zero-order chi connectivity index (χ0) is 12.3. The summed E-state index contributed by atoms with van der Waals surface area (Å²) in [6, 6.07) is 0.453. The molecular weight excluding hydrogens is 214 g/mol. The number of nitrogens with two attached hydrogens (primary N) is 1. The van der Waals surface area contributed by atoms with Crippen molar-refractivity contribution < 1.29 is 5.21 Å². The second kappa shape index (κ2) is 5.71. The van der Waals surface area contributed by atoms with Crippen molar-refractivity contribution in [3.8, 4) is 0 Å². The van der Waals surface area contributed by atoms with Crippen LogP contribution in [0.15, 0.2) is 5.16 Å². The monoisotopic (exact) mass is 239 g/mol. The van der Waals surface area contributed by atoms with Crippen LogP contribution in [0.4, 0.5) is 0 Å². The minimum absolute atomic E-state index is 0.368. The molecule has 1 saturated heterocycles. The molecule has 4 nitrogen and oxygen atoms in total. The molecule has 3 unspecified atom stereocenters. The molecule has 2 fully saturated rings. The van der Waals surface area contributed by atoms with Crippen LogP contribution in [0.1, 0.15) is 45.4 Å². The van der Waals surface area contributed by atoms with Crippen molar-refractivity contribution in [1.82, 2.24) is 4.90 Å². The van der Waals surface area contributed by atoms with Gasteiger partial charge in [0.2, 0.25) is 0 Å². The molecule has 1 aliphatic carbocycles. The number of nitrogens with zero attached hydrogens (tertiary/aromatic N) is 2. The summed E-state index contributed by atoms with van der Waals surface area (Å²) in [5.41, 5.74) is 5.65. The molecular formula is C13H25N3O. The van der Waals surface area contributed by atoms with Gasteiger partial charge in [0.25, 0.3) is 0 Å². The predicted molar refractivity (Wildman–Crippen MR) is 69.1 cm³/mol. The largest absolute Gasteiger partial charge is 0.409 e. The van der Waals surface area contributed by atoms with Crippen molar-refractivity contribution in [3.05, 3.63) is 0 Å². The van der Waals surface area contributed by atoms with Gasteiger partial charge in [0.1, 0.15) is 5.84 Å². The number of likely N-dealkylation sites (tertiary alicyclic amines) is 1. The third-order valence-corrected chi connectivity index (χ3v) is 4.44. The fraction of sp³-hybridized carbons (Fsp3) is 0.923. The maximum absolute atomic E-state index is 8.68. The van der Waals surface area contributed by atoms with Crippen molar-refractivity contribution in [2.75, 3.05) is 13.1 Å². The fourth-order valence-corrected chi connectivity index (χ4v) is 3.58. The van der Waals surface area contributed by atoms with Gasteiger partial charge in [-0.3, -0.25) is 4.90 Å². The Labute approximate surface area is 104 Å². The highest BCUT2D eigenvalue weighted by molar-refractivity contribution is 5.80. The summed E-state index contributed by atoms with van der Waals surface area (Å²) in [7, 11) is 0. The topological polar surface area (TPSA) is 61.9 Å². The van der Waals surface area contributed by atoms with Gasteiger partial charge >= 0.3 is 0 Å². The molecule has 0 aromatic heterocycles. The van der Waals surface area contributed by atoms with Crippen LogP contribution in [0.5, 0.6) is 0 Å². The minimum Gasteiger partial charge on any atom is -0.409 e. The minimum atomic E-state index is 0.368. The number of oxime groups is 1. The average molecular weight is 239 g/mol. The number of hydrogen-bond acceptors (Lipinski definition) is 3. The van der Waals surface area contributed by atoms with E-state index in [0.717, 1.165) is 18.3 Å². The maximum atomic E-state index is 8.68. The average Bonchev–Trinajstić information content (AvgIpc) is 2.35. The van der Waals surface area contributed by atoms with E-state index in [2.05, 4.69) is 17.0 Å². The molecule has 0 spiro atoms. The van der Waals surface area contributed by atoms with E-state index in [1.165, 1.54) is 38.8 Å². The molecule has 2 bridgehead atoms. The molecule has 0 radical (unpaired) electrons. The molecule has 2 aliphatic rings. The Hall–Kier alpha value is -0.770. The summed E-state index contributed by atoms with van der Waals surface area (Å²) in [5, 5.41) is 11.8. The number of amidine groups is 1. The lowest BCUT2D eigenvalue weighted by atomic mass is 9.77. The van der Waals surface area contributed by atoms with Crippen LogP contribution in [0.25, 0.3) is 0 Å². The lowest BCUT2D eigenvalue weighted by Gasteiger charge is -2.44. The second-order valence-electron chi connectivity index (χ2n) is 5.71. The summed E-state index contributed by atoms with van der Waals surface area (Å²) in [6.45, 7) is 4.63. The zero-order valence-electron chi connectivity index (χ0n) is 10.8. The summed E-state index contributed by atoms with van der Waals surface area (Å²) in [5.74, 6) is 2.15. The third-order valence-electron chi connectivity index (χ3n) is 4.44. The van der Waals surface area contributed by atoms with E-state index in [1.54, 1.807) is 0 Å². The Bertz CT molecular complexity index is 268. The number of rotatable bonds is 4. The van der Waals surface area contributed by atoms with Gasteiger partial charge in [0.05, 0.1) is 0 Å². The summed E-state index contributed by atoms with van der Waals surface area (Å²) < 4.78 is 0. The van der Waals surface area contributed by atoms with Crippen molar-refractivity contribution in [1.29, 1.82) is 0 Å². The van der Waals surface area contributed by atoms with Gasteiger partial charge in [-0.05, 0) is 37.5 Å². The van der Waals surface area contributed by atoms with Crippen molar-refractivity contribution in [2.24, 2.45) is 22.7 Å². The highest BCUT2D eigenvalue weighted by Crippen LogP contribution is 2.35. The van der Waals surface area contributed by atoms with Gasteiger partial charge in [-0.1, -0.05) is 18.5 Å². The SMILES string of the molecule is CCC(CC(N)=NO)N1CC2CCCC(C2)C1. The van der Waals surface area contributed by atoms with E-state index in [1.807, 2.05) is 0 Å². The predicted octanol–water partition coefficient (Wildman–Crippen LogP) is 2.02. The molecule has 3 atom stereocenters. The van der Waals surface area contributed by atoms with Crippen LogP contribution in [-0.4, -0.2) is 35.1 Å². The standard InChI is InChI=1S/C13H25N3O/c1-2-12(7-13(14)15-17)16-8-10-4-3-5-11(6-10)9-16/h10-12,17H,2-9H2,1H3,(H2,14,15). The van der Waals surface area contributed by atoms with Crippen molar-refractivity contribution in [2.45, 2.75) is 51.5 Å². The second-order valence-corrected chi connectivity index (χ2v) is 5.71. The lowest BCUT2D eigenvalue weighted by molar-refractivity contribution is 0.0534. The Kier molecular flexibility index (Phi) is 4.26. The molecule has 1 aliphatic heterocycles. The van der Waals surface area contributed by atoms with Crippen LogP contribution in [-0.2, 0) is 0 Å². The van der Waals surface area contributed by atoms with Gasteiger partial charge in [0, 0.05) is 25.6 Å². The molecule has 0 aromatic rings. The zero-order valence-corrected chi connectivity index (χ0v) is 10.8. The van der Waals surface area contributed by atoms with Crippen LogP contribution >= 0.6 is 0 Å². The first-order valence-electron chi connectivity index (χ1n) is 6.93. The Morgan fingerprint density at radius 2 is 2.06 bits per heavy atom. The highest BCUT2D eigenvalue weighted by Gasteiger charge is 2.33. The third kappa shape index (κ3) is 3.12. The summed E-state index contributed by atoms with van der Waals surface area (Å²) in [6.07, 6.45) is 7.42. The summed E-state index contributed by atoms with van der Waals surface area (Å²) in [4.78, 5) is 2.58. The van der Waals surface area contributed by atoms with E-state index < -0.39 is 0 Å². The van der Waals surface area contributed by atoms with Crippen molar-refractivity contribution in [3.63, 3.8) is 0 Å². The van der Waals surface area contributed by atoms with E-state index in [9.17, 15) is 0 Å². The van der Waals surface area contributed by atoms with Gasteiger partial charge in [0.15, 0.2) is 0 Å². The fourth-order valence-electron chi connectivity index (χ4n) is 3.58. The normalized spacial score (nSPS) is 32.4. The molecule has 1 heterocycles. The molecule has 2 rings (SSSR count). The lowest BCUT2D eigenvalue weighted by Crippen LogP contribution is -2.48. The molecule has 0 aromatic carbocycles. The van der Waals surface area contributed by atoms with Crippen LogP contribution in [0.2, 0.25) is 0 Å². The Morgan fingerprint density at radius 1 is 1.41 bits per heavy atom. The van der Waals surface area contributed by atoms with E-state index in [-0.39, 0.29) is 0 Å². The molecule has 1 saturated carbocycles. The Balaban J connectivity index is 1.95. The van der Waals surface area contributed by atoms with E-state index in [0.29, 0.717) is 18.3 Å². The first-order chi connectivity index (χ1) is 8.22. The van der Waals surface area contributed by atoms with Crippen molar-refractivity contribution >= 4 is 5.84 Å². The van der Waals surface area contributed by atoms with Gasteiger partial charge in [-0.25, -0.2) is 0 Å². The van der Waals surface area contributed by atoms with Crippen LogP contribution < -0.4 is 5.73 Å². The first-order valence-corrected chi connectivity index (χ1v) is 6.93. The quantitative estimate of drug-likeness (QED) is 0.341. The molecule has 4 heteroatoms. The van der Waals surface area contributed by atoms with Crippen LogP contribution in [0.3, 0.4) is 0 Å². The van der Waals surface area contributed by atoms with Gasteiger partial charge in [-0.2, -0.15) is 0 Å². The maximum Gasteiger partial charge on any atom is 0.140 e. The molecule has 3 N–H and O–H groups in total. The highest BCUT2D eigenvalue weighted by atomic mass is 16.4. The number of hydrogen-bond donors (Lipinski definition) is 2. The van der Waals surface area contributed by atoms with E-state index in [4.69, 9.17) is 10.9 Å². The molecule has 98 valence electrons. The Morgan fingerprint density at radius 3 is 2.59 bits per heavy atom. The molecule has 0 amide bonds. The van der Waals surface area contributed by atoms with Gasteiger partial charge < -0.3 is 10.9 Å². The van der Waals surface area contributed by atoms with Crippen LogP contribution in [0, 0.1) is 11.8 Å². The number of fused-ring (bicyclic) bond motifs is 2. The molecule has 17 heavy (non-hydrogen) atoms. The smallest absolute Gasteiger partial charge is 0.140 e.